The third kappa shape index (κ3) is 7.24. The molecule has 1 saturated heterocycles. The predicted octanol–water partition coefficient (Wildman–Crippen LogP) is 6.93. The molecule has 0 spiro atoms. The average Bonchev–Trinajstić information content (AvgIpc) is 2.82. The van der Waals surface area contributed by atoms with Crippen LogP contribution < -0.4 is 5.32 Å². The van der Waals surface area contributed by atoms with Crippen molar-refractivity contribution in [2.45, 2.75) is 97.6 Å². The summed E-state index contributed by atoms with van der Waals surface area (Å²) in [6, 6.07) is 0.504. The number of rotatable bonds is 8. The molecule has 2 N–H and O–H groups in total. The van der Waals surface area contributed by atoms with Crippen LogP contribution in [0, 0.1) is 35.0 Å². The smallest absolute Gasteiger partial charge is 0.0574 e. The summed E-state index contributed by atoms with van der Waals surface area (Å²) in [5, 5.41) is 15.6. The first-order chi connectivity index (χ1) is 16.7. The second-order valence-corrected chi connectivity index (χ2v) is 13.6. The van der Waals surface area contributed by atoms with Gasteiger partial charge in [0.15, 0.2) is 0 Å². The highest BCUT2D eigenvalue weighted by Gasteiger charge is 2.40. The summed E-state index contributed by atoms with van der Waals surface area (Å²) in [6.07, 6.45) is 19.7. The number of nitrogens with one attached hydrogen (secondary N) is 1. The first-order valence-corrected chi connectivity index (χ1v) is 15.0. The highest BCUT2D eigenvalue weighted by atomic mass is 35.5. The van der Waals surface area contributed by atoms with Crippen molar-refractivity contribution in [3.8, 4) is 0 Å². The van der Waals surface area contributed by atoms with Crippen LogP contribution in [0.15, 0.2) is 34.9 Å². The SMILES string of the molecule is CC(C)[C@H](CN1CC[C@H](C2CC=C(Cl)CC2)C(C)(C)C1)NCC1=CC=CC(C2CCCCC2O)C1. The number of halogens is 1. The lowest BCUT2D eigenvalue weighted by Gasteiger charge is -2.49. The number of aliphatic hydroxyl groups excluding tert-OH is 1. The van der Waals surface area contributed by atoms with Gasteiger partial charge < -0.3 is 15.3 Å². The molecule has 4 aliphatic rings. The van der Waals surface area contributed by atoms with E-state index in [2.05, 4.69) is 62.2 Å². The second-order valence-electron chi connectivity index (χ2n) is 13.1. The number of hydrogen-bond donors (Lipinski definition) is 2. The molecule has 0 aromatic heterocycles. The molecule has 35 heavy (non-hydrogen) atoms. The molecule has 2 fully saturated rings. The van der Waals surface area contributed by atoms with Gasteiger partial charge >= 0.3 is 0 Å². The van der Waals surface area contributed by atoms with Crippen LogP contribution in [0.3, 0.4) is 0 Å². The zero-order valence-corrected chi connectivity index (χ0v) is 23.6. The zero-order chi connectivity index (χ0) is 25.0. The van der Waals surface area contributed by atoms with Crippen molar-refractivity contribution < 1.29 is 5.11 Å². The van der Waals surface area contributed by atoms with E-state index in [9.17, 15) is 5.11 Å². The first-order valence-electron chi connectivity index (χ1n) is 14.6. The van der Waals surface area contributed by atoms with Crippen LogP contribution in [-0.2, 0) is 0 Å². The number of hydrogen-bond acceptors (Lipinski definition) is 3. The number of nitrogens with zero attached hydrogens (tertiary/aromatic N) is 1. The highest BCUT2D eigenvalue weighted by molar-refractivity contribution is 6.29. The van der Waals surface area contributed by atoms with E-state index in [-0.39, 0.29) is 6.10 Å². The summed E-state index contributed by atoms with van der Waals surface area (Å²) < 4.78 is 0. The van der Waals surface area contributed by atoms with Gasteiger partial charge in [-0.05, 0) is 86.5 Å². The Morgan fingerprint density at radius 1 is 1.17 bits per heavy atom. The Hall–Kier alpha value is -0.610. The van der Waals surface area contributed by atoms with Crippen LogP contribution in [0.25, 0.3) is 0 Å². The van der Waals surface area contributed by atoms with E-state index in [0.29, 0.717) is 29.2 Å². The van der Waals surface area contributed by atoms with Crippen molar-refractivity contribution >= 4 is 11.6 Å². The molecule has 3 aliphatic carbocycles. The Morgan fingerprint density at radius 3 is 2.66 bits per heavy atom. The van der Waals surface area contributed by atoms with Crippen molar-refractivity contribution in [3.63, 3.8) is 0 Å². The fourth-order valence-corrected chi connectivity index (χ4v) is 7.79. The van der Waals surface area contributed by atoms with Crippen molar-refractivity contribution in [1.29, 1.82) is 0 Å². The molecule has 0 amide bonds. The van der Waals surface area contributed by atoms with Gasteiger partial charge in [-0.1, -0.05) is 82.0 Å². The fourth-order valence-electron chi connectivity index (χ4n) is 7.59. The average molecular weight is 503 g/mol. The molecule has 4 rings (SSSR count). The molecular weight excluding hydrogens is 452 g/mol. The van der Waals surface area contributed by atoms with Gasteiger partial charge in [-0.2, -0.15) is 0 Å². The topological polar surface area (TPSA) is 35.5 Å². The van der Waals surface area contributed by atoms with E-state index in [1.165, 1.54) is 57.2 Å². The Balaban J connectivity index is 1.28. The molecule has 0 aromatic rings. The van der Waals surface area contributed by atoms with E-state index in [1.54, 1.807) is 0 Å². The fraction of sp³-hybridized carbons (Fsp3) is 0.806. The number of allylic oxidation sites excluding steroid dienone is 5. The molecule has 0 bridgehead atoms. The largest absolute Gasteiger partial charge is 0.393 e. The second kappa shape index (κ2) is 12.3. The van der Waals surface area contributed by atoms with E-state index < -0.39 is 0 Å². The summed E-state index contributed by atoms with van der Waals surface area (Å²) in [5.74, 6) is 3.17. The van der Waals surface area contributed by atoms with Crippen LogP contribution in [0.4, 0.5) is 0 Å². The number of piperidine rings is 1. The molecule has 3 nitrogen and oxygen atoms in total. The molecule has 198 valence electrons. The summed E-state index contributed by atoms with van der Waals surface area (Å²) >= 11 is 6.27. The van der Waals surface area contributed by atoms with Gasteiger partial charge in [-0.25, -0.2) is 0 Å². The standard InChI is InChI=1S/C31H51ClN2O/c1-22(2)29(33-19-23-8-7-9-25(18-23)27-10-5-6-11-30(27)35)20-34-17-16-28(31(3,4)21-34)24-12-14-26(32)15-13-24/h7-9,14,22,24-25,27-30,33,35H,5-6,10-13,15-21H2,1-4H3/t24?,25?,27?,28-,29+,30?/m1/s1. The number of aliphatic hydroxyl groups is 1. The molecular formula is C31H51ClN2O. The molecule has 6 atom stereocenters. The zero-order valence-electron chi connectivity index (χ0n) is 22.8. The summed E-state index contributed by atoms with van der Waals surface area (Å²) in [7, 11) is 0. The van der Waals surface area contributed by atoms with E-state index in [0.717, 1.165) is 49.2 Å². The Kier molecular flexibility index (Phi) is 9.63. The lowest BCUT2D eigenvalue weighted by molar-refractivity contribution is 0.0119. The molecule has 0 aromatic carbocycles. The Labute approximate surface area is 220 Å². The van der Waals surface area contributed by atoms with Gasteiger partial charge in [0.25, 0.3) is 0 Å². The number of likely N-dealkylation sites (tertiary alicyclic amines) is 1. The molecule has 1 saturated carbocycles. The van der Waals surface area contributed by atoms with Crippen LogP contribution in [0.1, 0.15) is 85.5 Å². The quantitative estimate of drug-likeness (QED) is 0.378. The maximum Gasteiger partial charge on any atom is 0.0574 e. The highest BCUT2D eigenvalue weighted by Crippen LogP contribution is 2.45. The van der Waals surface area contributed by atoms with Gasteiger partial charge in [-0.3, -0.25) is 0 Å². The van der Waals surface area contributed by atoms with Crippen molar-refractivity contribution in [2.75, 3.05) is 26.2 Å². The lowest BCUT2D eigenvalue weighted by atomic mass is 9.65. The van der Waals surface area contributed by atoms with E-state index in [4.69, 9.17) is 11.6 Å². The predicted molar refractivity (Wildman–Crippen MR) is 150 cm³/mol. The molecule has 0 radical (unpaired) electrons. The van der Waals surface area contributed by atoms with Gasteiger partial charge in [0.1, 0.15) is 0 Å². The Morgan fingerprint density at radius 2 is 1.97 bits per heavy atom. The minimum absolute atomic E-state index is 0.109. The van der Waals surface area contributed by atoms with Crippen LogP contribution in [-0.4, -0.2) is 48.3 Å². The monoisotopic (exact) mass is 502 g/mol. The molecule has 4 heteroatoms. The summed E-state index contributed by atoms with van der Waals surface area (Å²) in [6.45, 7) is 14.3. The van der Waals surface area contributed by atoms with Gasteiger partial charge in [0.2, 0.25) is 0 Å². The van der Waals surface area contributed by atoms with Crippen molar-refractivity contribution in [1.82, 2.24) is 10.2 Å². The first kappa shape index (κ1) is 27.4. The van der Waals surface area contributed by atoms with Crippen molar-refractivity contribution in [3.05, 3.63) is 34.9 Å². The minimum atomic E-state index is -0.109. The normalized spacial score (nSPS) is 35.0. The molecule has 1 heterocycles. The minimum Gasteiger partial charge on any atom is -0.393 e. The molecule has 1 aliphatic heterocycles. The van der Waals surface area contributed by atoms with Gasteiger partial charge in [0, 0.05) is 30.7 Å². The van der Waals surface area contributed by atoms with Gasteiger partial charge in [0.05, 0.1) is 6.10 Å². The molecule has 4 unspecified atom stereocenters. The summed E-state index contributed by atoms with van der Waals surface area (Å²) in [4.78, 5) is 2.73. The van der Waals surface area contributed by atoms with Crippen LogP contribution >= 0.6 is 11.6 Å². The van der Waals surface area contributed by atoms with E-state index in [1.807, 2.05) is 0 Å². The van der Waals surface area contributed by atoms with Crippen LogP contribution in [0.2, 0.25) is 0 Å². The van der Waals surface area contributed by atoms with Crippen LogP contribution in [0.5, 0.6) is 0 Å². The van der Waals surface area contributed by atoms with Gasteiger partial charge in [-0.15, -0.1) is 0 Å². The summed E-state index contributed by atoms with van der Waals surface area (Å²) in [5.41, 5.74) is 1.86. The lowest BCUT2D eigenvalue weighted by Crippen LogP contribution is -2.53. The maximum absolute atomic E-state index is 10.6. The third-order valence-electron chi connectivity index (χ3n) is 9.73. The van der Waals surface area contributed by atoms with E-state index >= 15 is 0 Å². The van der Waals surface area contributed by atoms with Crippen molar-refractivity contribution in [2.24, 2.45) is 35.0 Å². The maximum atomic E-state index is 10.6. The Bertz CT molecular complexity index is 785. The third-order valence-corrected chi connectivity index (χ3v) is 10.1.